The fraction of sp³-hybridized carbons (Fsp3) is 0.0667. The van der Waals surface area contributed by atoms with Crippen molar-refractivity contribution in [1.29, 1.82) is 0 Å². The molecule has 0 aliphatic rings. The molecule has 0 fully saturated rings. The number of nitrogens with one attached hydrogen (secondary N) is 1. The fourth-order valence-corrected chi connectivity index (χ4v) is 2.31. The number of benzene rings is 2. The van der Waals surface area contributed by atoms with Crippen molar-refractivity contribution in [3.8, 4) is 0 Å². The topological polar surface area (TPSA) is 46.2 Å². The maximum atomic E-state index is 12.4. The Morgan fingerprint density at radius 3 is 2.43 bits per heavy atom. The summed E-state index contributed by atoms with van der Waals surface area (Å²) in [5.74, 6) is -0.833. The summed E-state index contributed by atoms with van der Waals surface area (Å²) in [4.78, 5) is 23.8. The average molecular weight is 343 g/mol. The molecule has 108 valence electrons. The highest BCUT2D eigenvalue weighted by Crippen LogP contribution is 2.24. The molecule has 0 saturated heterocycles. The summed E-state index contributed by atoms with van der Waals surface area (Å²) >= 11 is 17.4. The molecule has 21 heavy (non-hydrogen) atoms. The van der Waals surface area contributed by atoms with Crippen molar-refractivity contribution < 1.29 is 9.59 Å². The van der Waals surface area contributed by atoms with Crippen LogP contribution >= 0.6 is 34.8 Å². The Labute approximate surface area is 136 Å². The van der Waals surface area contributed by atoms with Crippen LogP contribution in [0.1, 0.15) is 15.9 Å². The molecule has 0 aromatic heterocycles. The second-order valence-corrected chi connectivity index (χ2v) is 5.33. The predicted octanol–water partition coefficient (Wildman–Crippen LogP) is 4.40. The molecule has 1 amide bonds. The molecule has 6 heteroatoms. The minimum Gasteiger partial charge on any atom is -0.325 e. The van der Waals surface area contributed by atoms with Crippen molar-refractivity contribution >= 4 is 52.2 Å². The van der Waals surface area contributed by atoms with Crippen LogP contribution in [0.4, 0.5) is 5.69 Å². The van der Waals surface area contributed by atoms with Crippen LogP contribution in [-0.2, 0) is 4.79 Å². The van der Waals surface area contributed by atoms with Crippen LogP contribution in [0.5, 0.6) is 0 Å². The predicted molar refractivity (Wildman–Crippen MR) is 85.7 cm³/mol. The van der Waals surface area contributed by atoms with Gasteiger partial charge in [-0.05, 0) is 30.3 Å². The van der Waals surface area contributed by atoms with Gasteiger partial charge in [0.15, 0.2) is 5.78 Å². The summed E-state index contributed by atoms with van der Waals surface area (Å²) in [6.07, 6.45) is 0. The minimum absolute atomic E-state index is 0.180. The Hall–Kier alpha value is -1.55. The fourth-order valence-electron chi connectivity index (χ4n) is 1.79. The van der Waals surface area contributed by atoms with Gasteiger partial charge in [0.05, 0.1) is 5.02 Å². The standard InChI is InChI=1S/C15H10Cl3NO2/c16-8-14(20)19-11-6-9(5-10(17)7-11)15(21)12-3-1-2-4-13(12)18/h1-7H,8H2,(H,19,20). The molecule has 0 aliphatic carbocycles. The SMILES string of the molecule is O=C(CCl)Nc1cc(Cl)cc(C(=O)c2ccccc2Cl)c1. The molecule has 2 rings (SSSR count). The van der Waals surface area contributed by atoms with E-state index in [-0.39, 0.29) is 17.6 Å². The number of carbonyl (C=O) groups is 2. The minimum atomic E-state index is -0.380. The molecule has 2 aromatic rings. The Bertz CT molecular complexity index is 701. The van der Waals surface area contributed by atoms with Crippen LogP contribution < -0.4 is 5.32 Å². The Morgan fingerprint density at radius 1 is 1.05 bits per heavy atom. The van der Waals surface area contributed by atoms with Gasteiger partial charge in [-0.15, -0.1) is 11.6 Å². The van der Waals surface area contributed by atoms with Crippen molar-refractivity contribution in [1.82, 2.24) is 0 Å². The number of anilines is 1. The number of hydrogen-bond acceptors (Lipinski definition) is 2. The van der Waals surface area contributed by atoms with Crippen LogP contribution in [0.25, 0.3) is 0 Å². The van der Waals surface area contributed by atoms with Crippen LogP contribution in [-0.4, -0.2) is 17.6 Å². The average Bonchev–Trinajstić information content (AvgIpc) is 2.46. The Balaban J connectivity index is 2.38. The van der Waals surface area contributed by atoms with E-state index in [0.717, 1.165) is 0 Å². The van der Waals surface area contributed by atoms with Crippen LogP contribution in [0.15, 0.2) is 42.5 Å². The van der Waals surface area contributed by atoms with Crippen molar-refractivity contribution in [3.63, 3.8) is 0 Å². The van der Waals surface area contributed by atoms with Gasteiger partial charge in [-0.25, -0.2) is 0 Å². The molecule has 0 heterocycles. The summed E-state index contributed by atoms with van der Waals surface area (Å²) in [6, 6.07) is 11.3. The number of alkyl halides is 1. The second kappa shape index (κ2) is 6.94. The highest BCUT2D eigenvalue weighted by molar-refractivity contribution is 6.35. The monoisotopic (exact) mass is 341 g/mol. The molecule has 0 unspecified atom stereocenters. The lowest BCUT2D eigenvalue weighted by molar-refractivity contribution is -0.113. The molecule has 0 aliphatic heterocycles. The molecule has 1 N–H and O–H groups in total. The first-order valence-electron chi connectivity index (χ1n) is 5.97. The van der Waals surface area contributed by atoms with E-state index in [4.69, 9.17) is 34.8 Å². The normalized spacial score (nSPS) is 10.2. The van der Waals surface area contributed by atoms with Gasteiger partial charge in [0, 0.05) is 21.8 Å². The Kier molecular flexibility index (Phi) is 5.23. The lowest BCUT2D eigenvalue weighted by Gasteiger charge is -2.08. The Morgan fingerprint density at radius 2 is 1.76 bits per heavy atom. The number of ketones is 1. The summed E-state index contributed by atoms with van der Waals surface area (Å²) < 4.78 is 0. The summed E-state index contributed by atoms with van der Waals surface area (Å²) in [7, 11) is 0. The summed E-state index contributed by atoms with van der Waals surface area (Å²) in [6.45, 7) is 0. The van der Waals surface area contributed by atoms with E-state index in [1.807, 2.05) is 0 Å². The third-order valence-electron chi connectivity index (χ3n) is 2.68. The number of carbonyl (C=O) groups excluding carboxylic acids is 2. The number of hydrogen-bond donors (Lipinski definition) is 1. The zero-order valence-corrected chi connectivity index (χ0v) is 13.0. The molecule has 0 saturated carbocycles. The van der Waals surface area contributed by atoms with E-state index in [0.29, 0.717) is 26.9 Å². The molecular formula is C15H10Cl3NO2. The molecular weight excluding hydrogens is 333 g/mol. The van der Waals surface area contributed by atoms with Gasteiger partial charge in [-0.3, -0.25) is 9.59 Å². The van der Waals surface area contributed by atoms with Crippen LogP contribution in [0.2, 0.25) is 10.0 Å². The zero-order valence-electron chi connectivity index (χ0n) is 10.7. The molecule has 0 bridgehead atoms. The third-order valence-corrected chi connectivity index (χ3v) is 3.47. The molecule has 0 spiro atoms. The van der Waals surface area contributed by atoms with Crippen molar-refractivity contribution in [2.75, 3.05) is 11.2 Å². The number of rotatable bonds is 4. The highest BCUT2D eigenvalue weighted by Gasteiger charge is 2.14. The number of amides is 1. The smallest absolute Gasteiger partial charge is 0.239 e. The molecule has 2 aromatic carbocycles. The van der Waals surface area contributed by atoms with Crippen molar-refractivity contribution in [2.24, 2.45) is 0 Å². The van der Waals surface area contributed by atoms with Gasteiger partial charge in [0.25, 0.3) is 0 Å². The van der Waals surface area contributed by atoms with Crippen molar-refractivity contribution in [3.05, 3.63) is 63.6 Å². The van der Waals surface area contributed by atoms with Gasteiger partial charge in [-0.2, -0.15) is 0 Å². The highest BCUT2D eigenvalue weighted by atomic mass is 35.5. The van der Waals surface area contributed by atoms with Crippen molar-refractivity contribution in [2.45, 2.75) is 0 Å². The summed E-state index contributed by atoms with van der Waals surface area (Å²) in [5.41, 5.74) is 1.11. The zero-order chi connectivity index (χ0) is 15.4. The van der Waals surface area contributed by atoms with E-state index in [1.165, 1.54) is 18.2 Å². The molecule has 3 nitrogen and oxygen atoms in total. The lowest BCUT2D eigenvalue weighted by Crippen LogP contribution is -2.13. The van der Waals surface area contributed by atoms with E-state index in [1.54, 1.807) is 24.3 Å². The van der Waals surface area contributed by atoms with E-state index < -0.39 is 0 Å². The van der Waals surface area contributed by atoms with Gasteiger partial charge in [0.1, 0.15) is 5.88 Å². The third kappa shape index (κ3) is 3.97. The van der Waals surface area contributed by atoms with Crippen LogP contribution in [0.3, 0.4) is 0 Å². The summed E-state index contributed by atoms with van der Waals surface area (Å²) in [5, 5.41) is 3.24. The van der Waals surface area contributed by atoms with Crippen LogP contribution in [0, 0.1) is 0 Å². The van der Waals surface area contributed by atoms with E-state index >= 15 is 0 Å². The first-order valence-corrected chi connectivity index (χ1v) is 7.26. The molecule has 0 radical (unpaired) electrons. The maximum Gasteiger partial charge on any atom is 0.239 e. The quantitative estimate of drug-likeness (QED) is 0.661. The lowest BCUT2D eigenvalue weighted by atomic mass is 10.0. The first-order chi connectivity index (χ1) is 10.0. The second-order valence-electron chi connectivity index (χ2n) is 4.22. The van der Waals surface area contributed by atoms with Gasteiger partial charge >= 0.3 is 0 Å². The molecule has 0 atom stereocenters. The first kappa shape index (κ1) is 15.8. The number of halogens is 3. The van der Waals surface area contributed by atoms with Gasteiger partial charge in [0.2, 0.25) is 5.91 Å². The van der Waals surface area contributed by atoms with E-state index in [9.17, 15) is 9.59 Å². The van der Waals surface area contributed by atoms with Gasteiger partial charge < -0.3 is 5.32 Å². The van der Waals surface area contributed by atoms with E-state index in [2.05, 4.69) is 5.32 Å². The maximum absolute atomic E-state index is 12.4. The largest absolute Gasteiger partial charge is 0.325 e. The van der Waals surface area contributed by atoms with Gasteiger partial charge in [-0.1, -0.05) is 35.3 Å².